The van der Waals surface area contributed by atoms with E-state index in [1.807, 2.05) is 6.92 Å². The summed E-state index contributed by atoms with van der Waals surface area (Å²) in [6.45, 7) is 8.15. The summed E-state index contributed by atoms with van der Waals surface area (Å²) in [6, 6.07) is 0. The molecular weight excluding hydrogens is 248 g/mol. The third-order valence-corrected chi connectivity index (χ3v) is 2.22. The third kappa shape index (κ3) is 15.2. The molecule has 0 saturated carbocycles. The number of ether oxygens (including phenoxy) is 2. The highest BCUT2D eigenvalue weighted by atomic mass is 16.5. The fourth-order valence-corrected chi connectivity index (χ4v) is 1.28. The predicted molar refractivity (Wildman–Crippen MR) is 75.1 cm³/mol. The van der Waals surface area contributed by atoms with E-state index in [-0.39, 0.29) is 5.91 Å². The van der Waals surface area contributed by atoms with Gasteiger partial charge >= 0.3 is 0 Å². The largest absolute Gasteiger partial charge is 0.378 e. The van der Waals surface area contributed by atoms with Crippen molar-refractivity contribution < 1.29 is 14.3 Å². The molecule has 7 nitrogen and oxygen atoms in total. The standard InChI is InChI=1S/C12H28N4O3/c1-2-14-4-5-16-12(17)11-15-6-8-19-10-9-18-7-3-13/h14-15H,2-11,13H2,1H3,(H,16,17). The average molecular weight is 276 g/mol. The Morgan fingerprint density at radius 2 is 1.74 bits per heavy atom. The van der Waals surface area contributed by atoms with Crippen LogP contribution >= 0.6 is 0 Å². The Balaban J connectivity index is 3.10. The highest BCUT2D eigenvalue weighted by Crippen LogP contribution is 1.77. The van der Waals surface area contributed by atoms with Gasteiger partial charge in [0.15, 0.2) is 0 Å². The van der Waals surface area contributed by atoms with Gasteiger partial charge < -0.3 is 31.2 Å². The Kier molecular flexibility index (Phi) is 14.7. The van der Waals surface area contributed by atoms with E-state index in [2.05, 4.69) is 16.0 Å². The van der Waals surface area contributed by atoms with E-state index in [0.29, 0.717) is 52.6 Å². The molecule has 7 heteroatoms. The first kappa shape index (κ1) is 18.3. The van der Waals surface area contributed by atoms with Gasteiger partial charge in [-0.25, -0.2) is 0 Å². The first-order valence-electron chi connectivity index (χ1n) is 6.85. The molecule has 0 rings (SSSR count). The van der Waals surface area contributed by atoms with Gasteiger partial charge in [-0.15, -0.1) is 0 Å². The lowest BCUT2D eigenvalue weighted by molar-refractivity contribution is -0.120. The molecule has 0 atom stereocenters. The SMILES string of the molecule is CCNCCNC(=O)CNCCOCCOCCN. The van der Waals surface area contributed by atoms with Gasteiger partial charge in [-0.05, 0) is 6.54 Å². The highest BCUT2D eigenvalue weighted by Gasteiger charge is 1.98. The zero-order chi connectivity index (χ0) is 14.2. The van der Waals surface area contributed by atoms with Gasteiger partial charge in [-0.1, -0.05) is 6.92 Å². The van der Waals surface area contributed by atoms with Crippen LogP contribution in [0.1, 0.15) is 6.92 Å². The lowest BCUT2D eigenvalue weighted by atomic mass is 10.5. The molecule has 0 bridgehead atoms. The molecule has 0 saturated heterocycles. The monoisotopic (exact) mass is 276 g/mol. The molecule has 0 aliphatic carbocycles. The Bertz CT molecular complexity index is 205. The fourth-order valence-electron chi connectivity index (χ4n) is 1.28. The number of hydrogen-bond donors (Lipinski definition) is 4. The summed E-state index contributed by atoms with van der Waals surface area (Å²) in [6.07, 6.45) is 0. The van der Waals surface area contributed by atoms with Crippen LogP contribution in [-0.2, 0) is 14.3 Å². The smallest absolute Gasteiger partial charge is 0.234 e. The van der Waals surface area contributed by atoms with Crippen molar-refractivity contribution >= 4 is 5.91 Å². The third-order valence-electron chi connectivity index (χ3n) is 2.22. The normalized spacial score (nSPS) is 10.6. The van der Waals surface area contributed by atoms with E-state index in [1.54, 1.807) is 0 Å². The average Bonchev–Trinajstić information content (AvgIpc) is 2.42. The van der Waals surface area contributed by atoms with Crippen LogP contribution in [0.3, 0.4) is 0 Å². The number of amides is 1. The van der Waals surface area contributed by atoms with Crippen molar-refractivity contribution in [2.24, 2.45) is 5.73 Å². The molecule has 0 aliphatic rings. The maximum Gasteiger partial charge on any atom is 0.234 e. The number of likely N-dealkylation sites (N-methyl/N-ethyl adjacent to an activating group) is 1. The molecule has 0 radical (unpaired) electrons. The Hall–Kier alpha value is -0.730. The molecule has 5 N–H and O–H groups in total. The summed E-state index contributed by atoms with van der Waals surface area (Å²) in [7, 11) is 0. The van der Waals surface area contributed by atoms with E-state index in [1.165, 1.54) is 0 Å². The summed E-state index contributed by atoms with van der Waals surface area (Å²) in [5.74, 6) is 0.00387. The fraction of sp³-hybridized carbons (Fsp3) is 0.917. The molecule has 0 aromatic rings. The van der Waals surface area contributed by atoms with Crippen LogP contribution in [0, 0.1) is 0 Å². The topological polar surface area (TPSA) is 97.6 Å². The summed E-state index contributed by atoms with van der Waals surface area (Å²) in [4.78, 5) is 11.3. The van der Waals surface area contributed by atoms with Gasteiger partial charge in [0.05, 0.1) is 33.0 Å². The van der Waals surface area contributed by atoms with Gasteiger partial charge in [0.2, 0.25) is 5.91 Å². The summed E-state index contributed by atoms with van der Waals surface area (Å²) < 4.78 is 10.5. The molecule has 0 unspecified atom stereocenters. The van der Waals surface area contributed by atoms with E-state index in [4.69, 9.17) is 15.2 Å². The van der Waals surface area contributed by atoms with Crippen LogP contribution in [0.15, 0.2) is 0 Å². The van der Waals surface area contributed by atoms with Crippen LogP contribution in [0.25, 0.3) is 0 Å². The lowest BCUT2D eigenvalue weighted by Crippen LogP contribution is -2.38. The molecule has 19 heavy (non-hydrogen) atoms. The minimum absolute atomic E-state index is 0.00387. The number of nitrogens with one attached hydrogen (secondary N) is 3. The maximum absolute atomic E-state index is 11.3. The van der Waals surface area contributed by atoms with Crippen molar-refractivity contribution in [1.29, 1.82) is 0 Å². The quantitative estimate of drug-likeness (QED) is 0.282. The highest BCUT2D eigenvalue weighted by molar-refractivity contribution is 5.77. The maximum atomic E-state index is 11.3. The number of hydrogen-bond acceptors (Lipinski definition) is 6. The molecule has 114 valence electrons. The zero-order valence-corrected chi connectivity index (χ0v) is 11.9. The Morgan fingerprint density at radius 3 is 2.42 bits per heavy atom. The second-order valence-corrected chi connectivity index (χ2v) is 3.89. The number of carbonyl (C=O) groups excluding carboxylic acids is 1. The second-order valence-electron chi connectivity index (χ2n) is 3.89. The summed E-state index contributed by atoms with van der Waals surface area (Å²) in [5.41, 5.74) is 5.27. The molecular formula is C12H28N4O3. The minimum Gasteiger partial charge on any atom is -0.378 e. The van der Waals surface area contributed by atoms with E-state index in [9.17, 15) is 4.79 Å². The van der Waals surface area contributed by atoms with Crippen molar-refractivity contribution in [3.63, 3.8) is 0 Å². The first-order chi connectivity index (χ1) is 9.31. The molecule has 0 spiro atoms. The number of nitrogens with two attached hydrogens (primary N) is 1. The number of carbonyl (C=O) groups is 1. The van der Waals surface area contributed by atoms with Crippen molar-refractivity contribution in [2.75, 3.05) is 65.7 Å². The molecule has 0 aromatic heterocycles. The van der Waals surface area contributed by atoms with Gasteiger partial charge in [0, 0.05) is 26.2 Å². The van der Waals surface area contributed by atoms with Crippen molar-refractivity contribution in [1.82, 2.24) is 16.0 Å². The van der Waals surface area contributed by atoms with Crippen LogP contribution in [0.5, 0.6) is 0 Å². The van der Waals surface area contributed by atoms with Crippen LogP contribution < -0.4 is 21.7 Å². The van der Waals surface area contributed by atoms with Crippen LogP contribution in [0.2, 0.25) is 0 Å². The molecule has 0 aliphatic heterocycles. The second kappa shape index (κ2) is 15.3. The lowest BCUT2D eigenvalue weighted by Gasteiger charge is -2.08. The van der Waals surface area contributed by atoms with Crippen molar-refractivity contribution in [3.05, 3.63) is 0 Å². The van der Waals surface area contributed by atoms with Crippen molar-refractivity contribution in [3.8, 4) is 0 Å². The summed E-state index contributed by atoms with van der Waals surface area (Å²) in [5, 5.41) is 8.95. The van der Waals surface area contributed by atoms with Crippen molar-refractivity contribution in [2.45, 2.75) is 6.92 Å². The van der Waals surface area contributed by atoms with E-state index >= 15 is 0 Å². The van der Waals surface area contributed by atoms with E-state index < -0.39 is 0 Å². The van der Waals surface area contributed by atoms with Crippen LogP contribution in [0.4, 0.5) is 0 Å². The number of rotatable bonds is 14. The Morgan fingerprint density at radius 1 is 1.00 bits per heavy atom. The molecule has 0 aromatic carbocycles. The predicted octanol–water partition coefficient (Wildman–Crippen LogP) is -1.71. The minimum atomic E-state index is 0.00387. The Labute approximate surface area is 115 Å². The van der Waals surface area contributed by atoms with Gasteiger partial charge in [-0.2, -0.15) is 0 Å². The van der Waals surface area contributed by atoms with Gasteiger partial charge in [0.25, 0.3) is 0 Å². The van der Waals surface area contributed by atoms with Gasteiger partial charge in [0.1, 0.15) is 0 Å². The van der Waals surface area contributed by atoms with E-state index in [0.717, 1.165) is 13.1 Å². The summed E-state index contributed by atoms with van der Waals surface area (Å²) >= 11 is 0. The van der Waals surface area contributed by atoms with Gasteiger partial charge in [-0.3, -0.25) is 4.79 Å². The first-order valence-corrected chi connectivity index (χ1v) is 6.85. The molecule has 0 heterocycles. The van der Waals surface area contributed by atoms with Crippen LogP contribution in [-0.4, -0.2) is 71.6 Å². The zero-order valence-electron chi connectivity index (χ0n) is 11.9. The molecule has 1 amide bonds. The molecule has 0 fully saturated rings.